The van der Waals surface area contributed by atoms with Crippen LogP contribution in [-0.2, 0) is 6.54 Å². The molecule has 5 rings (SSSR count). The molecule has 0 aliphatic heterocycles. The Balaban J connectivity index is 1.74. The third-order valence-electron chi connectivity index (χ3n) is 5.44. The Bertz CT molecular complexity index is 1620. The van der Waals surface area contributed by atoms with Crippen molar-refractivity contribution in [1.29, 1.82) is 5.41 Å². The highest BCUT2D eigenvalue weighted by Crippen LogP contribution is 2.16. The average Bonchev–Trinajstić information content (AvgIpc) is 2.84. The molecule has 1 amide bonds. The molecule has 0 saturated carbocycles. The van der Waals surface area contributed by atoms with Gasteiger partial charge in [0.05, 0.1) is 10.9 Å². The van der Waals surface area contributed by atoms with Gasteiger partial charge in [-0.05, 0) is 48.9 Å². The molecule has 8 heteroatoms. The van der Waals surface area contributed by atoms with E-state index in [9.17, 15) is 9.59 Å². The van der Waals surface area contributed by atoms with Crippen LogP contribution < -0.4 is 16.4 Å². The fourth-order valence-corrected chi connectivity index (χ4v) is 3.73. The summed E-state index contributed by atoms with van der Waals surface area (Å²) < 4.78 is 2.98. The van der Waals surface area contributed by atoms with Crippen molar-refractivity contribution in [2.45, 2.75) is 13.5 Å². The van der Waals surface area contributed by atoms with Crippen LogP contribution in [0.1, 0.15) is 21.5 Å². The molecule has 4 aromatic heterocycles. The van der Waals surface area contributed by atoms with Crippen LogP contribution in [0, 0.1) is 12.3 Å². The first kappa shape index (κ1) is 20.3. The third kappa shape index (κ3) is 3.67. The van der Waals surface area contributed by atoms with Crippen LogP contribution in [0.5, 0.6) is 0 Å². The van der Waals surface area contributed by atoms with E-state index < -0.39 is 5.91 Å². The fraction of sp³-hybridized carbons (Fsp3) is 0.0800. The summed E-state index contributed by atoms with van der Waals surface area (Å²) in [5.74, 6) is -0.454. The van der Waals surface area contributed by atoms with Crippen LogP contribution in [0.2, 0.25) is 0 Å². The zero-order valence-corrected chi connectivity index (χ0v) is 17.8. The van der Waals surface area contributed by atoms with E-state index in [0.717, 1.165) is 11.1 Å². The molecule has 0 aliphatic carbocycles. The molecule has 0 saturated heterocycles. The minimum Gasteiger partial charge on any atom is -0.348 e. The van der Waals surface area contributed by atoms with Gasteiger partial charge in [0.2, 0.25) is 0 Å². The predicted octanol–water partition coefficient (Wildman–Crippen LogP) is 2.75. The molecule has 0 spiro atoms. The number of nitrogens with zero attached hydrogens (tertiary/aromatic N) is 4. The number of benzene rings is 1. The van der Waals surface area contributed by atoms with Gasteiger partial charge in [0.25, 0.3) is 11.5 Å². The van der Waals surface area contributed by atoms with Crippen LogP contribution in [0.3, 0.4) is 0 Å². The average molecular weight is 436 g/mol. The van der Waals surface area contributed by atoms with E-state index in [1.165, 1.54) is 10.5 Å². The third-order valence-corrected chi connectivity index (χ3v) is 5.44. The Morgan fingerprint density at radius 3 is 2.67 bits per heavy atom. The molecular formula is C25H20N6O2. The maximum Gasteiger partial charge on any atom is 0.267 e. The summed E-state index contributed by atoms with van der Waals surface area (Å²) in [6, 6.07) is 17.9. The Kier molecular flexibility index (Phi) is 5.02. The molecule has 162 valence electrons. The maximum atomic E-state index is 13.3. The lowest BCUT2D eigenvalue weighted by Gasteiger charge is -2.15. The molecule has 1 aromatic carbocycles. The van der Waals surface area contributed by atoms with Crippen LogP contribution in [0.4, 0.5) is 0 Å². The molecule has 33 heavy (non-hydrogen) atoms. The summed E-state index contributed by atoms with van der Waals surface area (Å²) in [5.41, 5.74) is 3.04. The second-order valence-corrected chi connectivity index (χ2v) is 7.70. The second-order valence-electron chi connectivity index (χ2n) is 7.70. The predicted molar refractivity (Wildman–Crippen MR) is 124 cm³/mol. The lowest BCUT2D eigenvalue weighted by Crippen LogP contribution is -2.34. The molecule has 0 bridgehead atoms. The number of carbonyl (C=O) groups excluding carboxylic acids is 1. The zero-order valence-electron chi connectivity index (χ0n) is 17.8. The summed E-state index contributed by atoms with van der Waals surface area (Å²) in [4.78, 5) is 35.1. The van der Waals surface area contributed by atoms with Gasteiger partial charge in [-0.3, -0.25) is 29.0 Å². The maximum absolute atomic E-state index is 13.3. The number of hydrogen-bond donors (Lipinski definition) is 2. The van der Waals surface area contributed by atoms with Crippen molar-refractivity contribution >= 4 is 22.6 Å². The first-order valence-electron chi connectivity index (χ1n) is 10.4. The van der Waals surface area contributed by atoms with Crippen molar-refractivity contribution in [3.8, 4) is 5.69 Å². The van der Waals surface area contributed by atoms with E-state index in [0.29, 0.717) is 17.0 Å². The molecule has 2 N–H and O–H groups in total. The van der Waals surface area contributed by atoms with Crippen molar-refractivity contribution in [2.24, 2.45) is 0 Å². The molecule has 4 heterocycles. The number of hydrogen-bond acceptors (Lipinski definition) is 5. The lowest BCUT2D eigenvalue weighted by molar-refractivity contribution is 0.0948. The molecule has 8 nitrogen and oxygen atoms in total. The normalized spacial score (nSPS) is 11.1. The first-order chi connectivity index (χ1) is 16.0. The quantitative estimate of drug-likeness (QED) is 0.423. The smallest absolute Gasteiger partial charge is 0.267 e. The van der Waals surface area contributed by atoms with Crippen LogP contribution in [0.15, 0.2) is 84.0 Å². The molecule has 0 aliphatic rings. The van der Waals surface area contributed by atoms with E-state index in [-0.39, 0.29) is 28.5 Å². The Labute approximate surface area is 188 Å². The number of aromatic nitrogens is 4. The lowest BCUT2D eigenvalue weighted by atomic mass is 10.1. The molecule has 0 unspecified atom stereocenters. The van der Waals surface area contributed by atoms with E-state index in [2.05, 4.69) is 15.3 Å². The Morgan fingerprint density at radius 2 is 1.91 bits per heavy atom. The van der Waals surface area contributed by atoms with Gasteiger partial charge in [0.15, 0.2) is 5.65 Å². The number of pyridine rings is 3. The van der Waals surface area contributed by atoms with Crippen molar-refractivity contribution < 1.29 is 4.79 Å². The summed E-state index contributed by atoms with van der Waals surface area (Å²) in [6.07, 6.45) is 4.96. The van der Waals surface area contributed by atoms with E-state index in [1.807, 2.05) is 37.3 Å². The largest absolute Gasteiger partial charge is 0.348 e. The molecule has 0 fully saturated rings. The van der Waals surface area contributed by atoms with Crippen LogP contribution in [-0.4, -0.2) is 24.8 Å². The van der Waals surface area contributed by atoms with Gasteiger partial charge < -0.3 is 5.32 Å². The number of amides is 1. The van der Waals surface area contributed by atoms with Crippen molar-refractivity contribution in [2.75, 3.05) is 0 Å². The van der Waals surface area contributed by atoms with Crippen molar-refractivity contribution in [1.82, 2.24) is 24.3 Å². The highest BCUT2D eigenvalue weighted by molar-refractivity contribution is 5.97. The van der Waals surface area contributed by atoms with Gasteiger partial charge >= 0.3 is 0 Å². The Hall–Kier alpha value is -4.59. The zero-order chi connectivity index (χ0) is 22.9. The van der Waals surface area contributed by atoms with Crippen LogP contribution >= 0.6 is 0 Å². The van der Waals surface area contributed by atoms with Crippen molar-refractivity contribution in [3.05, 3.63) is 112 Å². The molecule has 0 atom stereocenters. The Morgan fingerprint density at radius 1 is 1.09 bits per heavy atom. The number of carbonyl (C=O) groups is 1. The highest BCUT2D eigenvalue weighted by Gasteiger charge is 2.18. The second kappa shape index (κ2) is 8.16. The van der Waals surface area contributed by atoms with E-state index in [4.69, 9.17) is 5.41 Å². The van der Waals surface area contributed by atoms with Crippen molar-refractivity contribution in [3.63, 3.8) is 0 Å². The topological polar surface area (TPSA) is 105 Å². The van der Waals surface area contributed by atoms with Gasteiger partial charge in [-0.15, -0.1) is 0 Å². The molecular weight excluding hydrogens is 416 g/mol. The van der Waals surface area contributed by atoms with Gasteiger partial charge in [-0.2, -0.15) is 0 Å². The summed E-state index contributed by atoms with van der Waals surface area (Å²) >= 11 is 0. The van der Waals surface area contributed by atoms with Gasteiger partial charge in [-0.25, -0.2) is 4.98 Å². The summed E-state index contributed by atoms with van der Waals surface area (Å²) in [5, 5.41) is 11.9. The van der Waals surface area contributed by atoms with E-state index >= 15 is 0 Å². The standard InChI is InChI=1S/C25H20N6O2/c1-16-7-9-18(10-8-16)31-22(26)19(24(32)28-15-17-5-4-11-27-14-17)13-20-23(31)29-21-6-2-3-12-30(21)25(20)33/h2-14,26H,15H2,1H3,(H,28,32). The number of fused-ring (bicyclic) bond motifs is 2. The van der Waals surface area contributed by atoms with Gasteiger partial charge in [0, 0.05) is 30.8 Å². The SMILES string of the molecule is Cc1ccc(-n2c(=N)c(C(=O)NCc3cccnc3)cc3c(=O)n4ccccc4nc32)cc1. The van der Waals surface area contributed by atoms with E-state index in [1.54, 1.807) is 47.4 Å². The minimum absolute atomic E-state index is 0.0535. The summed E-state index contributed by atoms with van der Waals surface area (Å²) in [6.45, 7) is 2.22. The molecule has 5 aromatic rings. The van der Waals surface area contributed by atoms with Gasteiger partial charge in [-0.1, -0.05) is 29.8 Å². The monoisotopic (exact) mass is 436 g/mol. The van der Waals surface area contributed by atoms with Crippen LogP contribution in [0.25, 0.3) is 22.4 Å². The number of nitrogens with one attached hydrogen (secondary N) is 2. The number of aryl methyl sites for hydroxylation is 1. The van der Waals surface area contributed by atoms with Gasteiger partial charge in [0.1, 0.15) is 11.1 Å². The minimum atomic E-state index is -0.454. The number of rotatable bonds is 4. The first-order valence-corrected chi connectivity index (χ1v) is 10.4. The molecule has 0 radical (unpaired) electrons. The fourth-order valence-electron chi connectivity index (χ4n) is 3.73. The highest BCUT2D eigenvalue weighted by atomic mass is 16.1. The summed E-state index contributed by atoms with van der Waals surface area (Å²) in [7, 11) is 0.